The van der Waals surface area contributed by atoms with Gasteiger partial charge in [-0.15, -0.1) is 0 Å². The van der Waals surface area contributed by atoms with E-state index in [9.17, 15) is 18.0 Å². The number of nitrogens with one attached hydrogen (secondary N) is 1. The van der Waals surface area contributed by atoms with Gasteiger partial charge in [0.2, 0.25) is 21.8 Å². The third-order valence-corrected chi connectivity index (χ3v) is 6.58. The Kier molecular flexibility index (Phi) is 10.6. The van der Waals surface area contributed by atoms with Crippen LogP contribution in [0, 0.1) is 5.92 Å². The summed E-state index contributed by atoms with van der Waals surface area (Å²) in [6.07, 6.45) is 1.58. The van der Waals surface area contributed by atoms with Gasteiger partial charge in [-0.25, -0.2) is 8.42 Å². The number of para-hydroxylation sites is 2. The number of anilines is 1. The van der Waals surface area contributed by atoms with E-state index < -0.39 is 28.5 Å². The molecular formula is C26H37N3O5S. The fourth-order valence-corrected chi connectivity index (χ4v) is 4.41. The van der Waals surface area contributed by atoms with Gasteiger partial charge < -0.3 is 15.0 Å². The second-order valence-corrected chi connectivity index (χ2v) is 10.7. The second-order valence-electron chi connectivity index (χ2n) is 8.81. The lowest BCUT2D eigenvalue weighted by Crippen LogP contribution is -2.52. The zero-order chi connectivity index (χ0) is 26.0. The maximum atomic E-state index is 13.5. The first-order chi connectivity index (χ1) is 16.5. The highest BCUT2D eigenvalue weighted by atomic mass is 32.2. The zero-order valence-corrected chi connectivity index (χ0v) is 22.0. The SMILES string of the molecule is CCOc1ccccc1N(CC(=O)N(CCc1ccccc1)[C@@H](C)C(=O)NCC(C)C)S(C)(=O)=O. The predicted molar refractivity (Wildman–Crippen MR) is 139 cm³/mol. The van der Waals surface area contributed by atoms with Crippen molar-refractivity contribution in [1.82, 2.24) is 10.2 Å². The Balaban J connectivity index is 2.34. The van der Waals surface area contributed by atoms with E-state index >= 15 is 0 Å². The number of carbonyl (C=O) groups excluding carboxylic acids is 2. The summed E-state index contributed by atoms with van der Waals surface area (Å²) in [5.74, 6) is -0.118. The number of nitrogens with zero attached hydrogens (tertiary/aromatic N) is 2. The molecule has 0 saturated carbocycles. The molecule has 2 rings (SSSR count). The monoisotopic (exact) mass is 503 g/mol. The number of benzene rings is 2. The molecule has 0 bridgehead atoms. The summed E-state index contributed by atoms with van der Waals surface area (Å²) in [6, 6.07) is 15.6. The normalized spacial score (nSPS) is 12.2. The van der Waals surface area contributed by atoms with Crippen LogP contribution in [0.3, 0.4) is 0 Å². The van der Waals surface area contributed by atoms with E-state index in [-0.39, 0.29) is 24.1 Å². The van der Waals surface area contributed by atoms with Crippen molar-refractivity contribution in [2.45, 2.75) is 40.2 Å². The van der Waals surface area contributed by atoms with E-state index in [4.69, 9.17) is 4.74 Å². The zero-order valence-electron chi connectivity index (χ0n) is 21.2. The number of carbonyl (C=O) groups is 2. The van der Waals surface area contributed by atoms with E-state index in [1.807, 2.05) is 44.2 Å². The Bertz CT molecular complexity index is 1070. The minimum atomic E-state index is -3.82. The molecule has 2 aromatic rings. The number of amides is 2. The molecule has 0 saturated heterocycles. The predicted octanol–water partition coefficient (Wildman–Crippen LogP) is 3.08. The summed E-state index contributed by atoms with van der Waals surface area (Å²) in [7, 11) is -3.82. The molecule has 2 amide bonds. The number of hydrogen-bond acceptors (Lipinski definition) is 5. The number of ether oxygens (including phenoxy) is 1. The lowest BCUT2D eigenvalue weighted by Gasteiger charge is -2.32. The molecule has 0 spiro atoms. The number of sulfonamides is 1. The van der Waals surface area contributed by atoms with Gasteiger partial charge in [-0.2, -0.15) is 0 Å². The van der Waals surface area contributed by atoms with Gasteiger partial charge in [0, 0.05) is 13.1 Å². The van der Waals surface area contributed by atoms with E-state index in [1.54, 1.807) is 38.1 Å². The minimum Gasteiger partial charge on any atom is -0.492 e. The summed E-state index contributed by atoms with van der Waals surface area (Å²) in [4.78, 5) is 27.8. The molecule has 2 aromatic carbocycles. The lowest BCUT2D eigenvalue weighted by atomic mass is 10.1. The quantitative estimate of drug-likeness (QED) is 0.453. The molecule has 0 aliphatic rings. The molecule has 0 fully saturated rings. The standard InChI is InChI=1S/C26H37N3O5S/c1-6-34-24-15-11-10-14-23(24)29(35(5,32)33)19-25(30)28(17-16-22-12-8-7-9-13-22)21(4)26(31)27-18-20(2)3/h7-15,20-21H,6,16-19H2,1-5H3,(H,27,31)/t21-/m0/s1. The topological polar surface area (TPSA) is 96.0 Å². The van der Waals surface area contributed by atoms with Crippen LogP contribution in [0.15, 0.2) is 54.6 Å². The van der Waals surface area contributed by atoms with Crippen molar-refractivity contribution < 1.29 is 22.7 Å². The molecule has 0 heterocycles. The first kappa shape index (κ1) is 28.2. The molecular weight excluding hydrogens is 466 g/mol. The summed E-state index contributed by atoms with van der Waals surface area (Å²) in [5.41, 5.74) is 1.30. The molecule has 0 aliphatic heterocycles. The molecule has 1 atom stereocenters. The van der Waals surface area contributed by atoms with E-state index in [0.29, 0.717) is 25.3 Å². The third kappa shape index (κ3) is 8.58. The van der Waals surface area contributed by atoms with Gasteiger partial charge >= 0.3 is 0 Å². The lowest BCUT2D eigenvalue weighted by molar-refractivity contribution is -0.138. The second kappa shape index (κ2) is 13.1. The van der Waals surface area contributed by atoms with Crippen molar-refractivity contribution in [1.29, 1.82) is 0 Å². The van der Waals surface area contributed by atoms with Gasteiger partial charge in [0.25, 0.3) is 0 Å². The van der Waals surface area contributed by atoms with E-state index in [2.05, 4.69) is 5.32 Å². The highest BCUT2D eigenvalue weighted by molar-refractivity contribution is 7.92. The molecule has 35 heavy (non-hydrogen) atoms. The number of hydrogen-bond donors (Lipinski definition) is 1. The van der Waals surface area contributed by atoms with Crippen molar-refractivity contribution in [2.24, 2.45) is 5.92 Å². The van der Waals surface area contributed by atoms with Crippen LogP contribution in [0.1, 0.15) is 33.3 Å². The van der Waals surface area contributed by atoms with Gasteiger partial charge in [-0.05, 0) is 43.9 Å². The van der Waals surface area contributed by atoms with Crippen LogP contribution in [-0.4, -0.2) is 63.7 Å². The van der Waals surface area contributed by atoms with Crippen LogP contribution in [0.2, 0.25) is 0 Å². The van der Waals surface area contributed by atoms with Crippen LogP contribution in [0.5, 0.6) is 5.75 Å². The summed E-state index contributed by atoms with van der Waals surface area (Å²) >= 11 is 0. The minimum absolute atomic E-state index is 0.260. The highest BCUT2D eigenvalue weighted by Crippen LogP contribution is 2.30. The molecule has 192 valence electrons. The van der Waals surface area contributed by atoms with Crippen molar-refractivity contribution in [3.63, 3.8) is 0 Å². The van der Waals surface area contributed by atoms with E-state index in [1.165, 1.54) is 4.90 Å². The molecule has 0 aromatic heterocycles. The van der Waals surface area contributed by atoms with Crippen LogP contribution in [-0.2, 0) is 26.0 Å². The first-order valence-electron chi connectivity index (χ1n) is 11.8. The van der Waals surface area contributed by atoms with Gasteiger partial charge in [0.1, 0.15) is 18.3 Å². The molecule has 0 aliphatic carbocycles. The van der Waals surface area contributed by atoms with Crippen LogP contribution >= 0.6 is 0 Å². The summed E-state index contributed by atoms with van der Waals surface area (Å²) in [5, 5.41) is 2.87. The fraction of sp³-hybridized carbons (Fsp3) is 0.462. The number of rotatable bonds is 13. The van der Waals surface area contributed by atoms with E-state index in [0.717, 1.165) is 16.1 Å². The Morgan fingerprint density at radius 3 is 2.23 bits per heavy atom. The largest absolute Gasteiger partial charge is 0.492 e. The molecule has 0 radical (unpaired) electrons. The molecule has 0 unspecified atom stereocenters. The Labute approximate surface area is 209 Å². The Morgan fingerprint density at radius 1 is 1.00 bits per heavy atom. The van der Waals surface area contributed by atoms with Crippen molar-refractivity contribution in [3.8, 4) is 5.75 Å². The molecule has 9 heteroatoms. The van der Waals surface area contributed by atoms with Gasteiger partial charge in [-0.3, -0.25) is 13.9 Å². The summed E-state index contributed by atoms with van der Waals surface area (Å²) < 4.78 is 32.1. The maximum absolute atomic E-state index is 13.5. The Morgan fingerprint density at radius 2 is 1.63 bits per heavy atom. The fourth-order valence-electron chi connectivity index (χ4n) is 3.56. The average Bonchev–Trinajstić information content (AvgIpc) is 2.81. The van der Waals surface area contributed by atoms with Crippen LogP contribution in [0.25, 0.3) is 0 Å². The van der Waals surface area contributed by atoms with Crippen molar-refractivity contribution in [2.75, 3.05) is 36.8 Å². The average molecular weight is 504 g/mol. The first-order valence-corrected chi connectivity index (χ1v) is 13.7. The molecule has 8 nitrogen and oxygen atoms in total. The van der Waals surface area contributed by atoms with Crippen LogP contribution in [0.4, 0.5) is 5.69 Å². The highest BCUT2D eigenvalue weighted by Gasteiger charge is 2.30. The maximum Gasteiger partial charge on any atom is 0.244 e. The van der Waals surface area contributed by atoms with Crippen LogP contribution < -0.4 is 14.4 Å². The van der Waals surface area contributed by atoms with Crippen molar-refractivity contribution in [3.05, 3.63) is 60.2 Å². The smallest absolute Gasteiger partial charge is 0.244 e. The Hall–Kier alpha value is -3.07. The van der Waals surface area contributed by atoms with Crippen molar-refractivity contribution >= 4 is 27.5 Å². The van der Waals surface area contributed by atoms with Gasteiger partial charge in [0.05, 0.1) is 18.6 Å². The van der Waals surface area contributed by atoms with Gasteiger partial charge in [-0.1, -0.05) is 56.3 Å². The molecule has 1 N–H and O–H groups in total. The van der Waals surface area contributed by atoms with Gasteiger partial charge in [0.15, 0.2) is 0 Å². The third-order valence-electron chi connectivity index (χ3n) is 5.45. The summed E-state index contributed by atoms with van der Waals surface area (Å²) in [6.45, 7) is 8.10.